The van der Waals surface area contributed by atoms with E-state index in [0.717, 1.165) is 22.5 Å². The summed E-state index contributed by atoms with van der Waals surface area (Å²) in [5.41, 5.74) is 5.13. The summed E-state index contributed by atoms with van der Waals surface area (Å²) in [6.07, 6.45) is 0. The molecule has 1 aliphatic heterocycles. The van der Waals surface area contributed by atoms with Gasteiger partial charge in [0.1, 0.15) is 0 Å². The monoisotopic (exact) mass is 197 g/mol. The largest absolute Gasteiger partial charge is 0.280 e. The van der Waals surface area contributed by atoms with Crippen molar-refractivity contribution < 1.29 is 4.79 Å². The number of hydrogen-bond acceptors (Lipinski definition) is 1. The standard InChI is InChI=1S/C13H11NO/c1-8-7-9(2)14-12(8)10-5-3-4-6-11(10)13(14)15/h3-7H,1-2H3. The molecule has 0 bridgehead atoms. The van der Waals surface area contributed by atoms with Crippen molar-refractivity contribution in [2.75, 3.05) is 0 Å². The third-order valence-corrected chi connectivity index (χ3v) is 2.99. The molecular formula is C13H11NO. The summed E-state index contributed by atoms with van der Waals surface area (Å²) in [4.78, 5) is 12.1. The van der Waals surface area contributed by atoms with E-state index in [1.165, 1.54) is 5.56 Å². The minimum absolute atomic E-state index is 0.103. The number of aryl methyl sites for hydroxylation is 2. The number of hydrogen-bond donors (Lipinski definition) is 0. The van der Waals surface area contributed by atoms with Crippen LogP contribution in [-0.2, 0) is 0 Å². The summed E-state index contributed by atoms with van der Waals surface area (Å²) < 4.78 is 1.81. The van der Waals surface area contributed by atoms with E-state index in [1.54, 1.807) is 4.57 Å². The highest BCUT2D eigenvalue weighted by atomic mass is 16.2. The van der Waals surface area contributed by atoms with Gasteiger partial charge in [0.2, 0.25) is 0 Å². The van der Waals surface area contributed by atoms with Crippen LogP contribution >= 0.6 is 0 Å². The van der Waals surface area contributed by atoms with E-state index in [1.807, 2.05) is 38.1 Å². The van der Waals surface area contributed by atoms with E-state index >= 15 is 0 Å². The van der Waals surface area contributed by atoms with Crippen molar-refractivity contribution in [3.05, 3.63) is 47.2 Å². The van der Waals surface area contributed by atoms with Crippen LogP contribution in [0.15, 0.2) is 30.3 Å². The molecule has 2 heteroatoms. The number of benzene rings is 1. The summed E-state index contributed by atoms with van der Waals surface area (Å²) >= 11 is 0. The Balaban J connectivity index is 2.45. The summed E-state index contributed by atoms with van der Waals surface area (Å²) in [6, 6.07) is 9.85. The SMILES string of the molecule is Cc1cc(C)n2c1-c1ccccc1C2=O. The van der Waals surface area contributed by atoms with Gasteiger partial charge in [0.05, 0.1) is 5.69 Å². The van der Waals surface area contributed by atoms with E-state index in [0.29, 0.717) is 0 Å². The number of aromatic nitrogens is 1. The van der Waals surface area contributed by atoms with Crippen LogP contribution in [0.3, 0.4) is 0 Å². The zero-order valence-corrected chi connectivity index (χ0v) is 8.74. The van der Waals surface area contributed by atoms with Crippen LogP contribution in [0.4, 0.5) is 0 Å². The number of carbonyl (C=O) groups excluding carboxylic acids is 1. The molecule has 0 N–H and O–H groups in total. The Hall–Kier alpha value is -1.83. The van der Waals surface area contributed by atoms with Gasteiger partial charge < -0.3 is 0 Å². The molecule has 0 fully saturated rings. The maximum absolute atomic E-state index is 12.1. The Labute approximate surface area is 88.2 Å². The maximum atomic E-state index is 12.1. The first kappa shape index (κ1) is 8.48. The Kier molecular flexibility index (Phi) is 1.47. The molecule has 0 atom stereocenters. The van der Waals surface area contributed by atoms with Gasteiger partial charge >= 0.3 is 0 Å². The lowest BCUT2D eigenvalue weighted by molar-refractivity contribution is 0.0967. The predicted octanol–water partition coefficient (Wildman–Crippen LogP) is 2.77. The van der Waals surface area contributed by atoms with Crippen molar-refractivity contribution in [2.24, 2.45) is 0 Å². The fourth-order valence-corrected chi connectivity index (χ4v) is 2.39. The minimum atomic E-state index is 0.103. The van der Waals surface area contributed by atoms with E-state index in [9.17, 15) is 4.79 Å². The summed E-state index contributed by atoms with van der Waals surface area (Å²) in [6.45, 7) is 4.02. The quantitative estimate of drug-likeness (QED) is 0.543. The highest BCUT2D eigenvalue weighted by Gasteiger charge is 2.28. The molecule has 1 aromatic heterocycles. The van der Waals surface area contributed by atoms with Gasteiger partial charge in [-0.05, 0) is 31.5 Å². The third-order valence-electron chi connectivity index (χ3n) is 2.99. The van der Waals surface area contributed by atoms with E-state index in [2.05, 4.69) is 6.07 Å². The molecule has 15 heavy (non-hydrogen) atoms. The van der Waals surface area contributed by atoms with Gasteiger partial charge in [0.15, 0.2) is 0 Å². The Morgan fingerprint density at radius 3 is 2.47 bits per heavy atom. The lowest BCUT2D eigenvalue weighted by Gasteiger charge is -1.97. The van der Waals surface area contributed by atoms with Crippen molar-refractivity contribution in [3.8, 4) is 11.3 Å². The van der Waals surface area contributed by atoms with E-state index in [4.69, 9.17) is 0 Å². The molecule has 1 aliphatic rings. The second-order valence-electron chi connectivity index (χ2n) is 4.00. The molecule has 0 amide bonds. The second kappa shape index (κ2) is 2.60. The van der Waals surface area contributed by atoms with Crippen LogP contribution in [0.2, 0.25) is 0 Å². The Morgan fingerprint density at radius 1 is 1.07 bits per heavy atom. The Morgan fingerprint density at radius 2 is 1.73 bits per heavy atom. The van der Waals surface area contributed by atoms with E-state index < -0.39 is 0 Å². The maximum Gasteiger partial charge on any atom is 0.263 e. The van der Waals surface area contributed by atoms with Gasteiger partial charge in [-0.1, -0.05) is 18.2 Å². The highest BCUT2D eigenvalue weighted by Crippen LogP contribution is 2.36. The molecule has 1 aromatic carbocycles. The average Bonchev–Trinajstić information content (AvgIpc) is 2.68. The summed E-state index contributed by atoms with van der Waals surface area (Å²) in [5, 5.41) is 0. The molecule has 0 saturated heterocycles. The molecule has 74 valence electrons. The molecule has 2 aromatic rings. The van der Waals surface area contributed by atoms with Crippen LogP contribution in [-0.4, -0.2) is 10.5 Å². The van der Waals surface area contributed by atoms with Crippen molar-refractivity contribution in [3.63, 3.8) is 0 Å². The van der Waals surface area contributed by atoms with Crippen LogP contribution in [0.1, 0.15) is 21.6 Å². The van der Waals surface area contributed by atoms with E-state index in [-0.39, 0.29) is 5.91 Å². The van der Waals surface area contributed by atoms with Crippen LogP contribution in [0.25, 0.3) is 11.3 Å². The summed E-state index contributed by atoms with van der Waals surface area (Å²) in [7, 11) is 0. The summed E-state index contributed by atoms with van der Waals surface area (Å²) in [5.74, 6) is 0.103. The minimum Gasteiger partial charge on any atom is -0.280 e. The molecule has 0 radical (unpaired) electrons. The fraction of sp³-hybridized carbons (Fsp3) is 0.154. The van der Waals surface area contributed by atoms with Crippen LogP contribution in [0, 0.1) is 13.8 Å². The topological polar surface area (TPSA) is 22.0 Å². The fourth-order valence-electron chi connectivity index (χ4n) is 2.39. The van der Waals surface area contributed by atoms with Crippen molar-refractivity contribution >= 4 is 5.91 Å². The van der Waals surface area contributed by atoms with Gasteiger partial charge in [-0.25, -0.2) is 0 Å². The smallest absolute Gasteiger partial charge is 0.263 e. The first-order chi connectivity index (χ1) is 7.20. The van der Waals surface area contributed by atoms with Crippen LogP contribution in [0.5, 0.6) is 0 Å². The van der Waals surface area contributed by atoms with Gasteiger partial charge in [-0.3, -0.25) is 9.36 Å². The molecular weight excluding hydrogens is 186 g/mol. The normalized spacial score (nSPS) is 12.8. The zero-order chi connectivity index (χ0) is 10.6. The van der Waals surface area contributed by atoms with Gasteiger partial charge in [-0.2, -0.15) is 0 Å². The van der Waals surface area contributed by atoms with Gasteiger partial charge in [0, 0.05) is 16.8 Å². The molecule has 0 saturated carbocycles. The lowest BCUT2D eigenvalue weighted by Crippen LogP contribution is -2.07. The Bertz CT molecular complexity index is 578. The highest BCUT2D eigenvalue weighted by molar-refractivity contribution is 6.09. The number of carbonyl (C=O) groups is 1. The van der Waals surface area contributed by atoms with Crippen molar-refractivity contribution in [1.82, 2.24) is 4.57 Å². The van der Waals surface area contributed by atoms with Gasteiger partial charge in [0.25, 0.3) is 5.91 Å². The number of fused-ring (bicyclic) bond motifs is 3. The third kappa shape index (κ3) is 0.911. The molecule has 2 nitrogen and oxygen atoms in total. The first-order valence-electron chi connectivity index (χ1n) is 5.03. The molecule has 0 aliphatic carbocycles. The predicted molar refractivity (Wildman–Crippen MR) is 59.1 cm³/mol. The molecule has 3 rings (SSSR count). The first-order valence-corrected chi connectivity index (χ1v) is 5.03. The van der Waals surface area contributed by atoms with Crippen LogP contribution < -0.4 is 0 Å². The lowest BCUT2D eigenvalue weighted by atomic mass is 10.1. The van der Waals surface area contributed by atoms with Crippen molar-refractivity contribution in [2.45, 2.75) is 13.8 Å². The van der Waals surface area contributed by atoms with Crippen molar-refractivity contribution in [1.29, 1.82) is 0 Å². The molecule has 0 unspecified atom stereocenters. The molecule has 2 heterocycles. The second-order valence-corrected chi connectivity index (χ2v) is 4.00. The van der Waals surface area contributed by atoms with Gasteiger partial charge in [-0.15, -0.1) is 0 Å². The zero-order valence-electron chi connectivity index (χ0n) is 8.74. The number of nitrogens with zero attached hydrogens (tertiary/aromatic N) is 1. The molecule has 0 spiro atoms. The number of rotatable bonds is 0. The average molecular weight is 197 g/mol.